The van der Waals surface area contributed by atoms with Crippen molar-refractivity contribution in [1.82, 2.24) is 4.98 Å². The molecule has 1 spiro atoms. The van der Waals surface area contributed by atoms with E-state index in [9.17, 15) is 22.7 Å². The fourth-order valence-corrected chi connectivity index (χ4v) is 6.10. The number of thiol groups is 1. The number of fused-ring (bicyclic) bond motifs is 4. The third-order valence-electron chi connectivity index (χ3n) is 8.12. The van der Waals surface area contributed by atoms with Crippen molar-refractivity contribution in [1.29, 1.82) is 0 Å². The smallest absolute Gasteiger partial charge is 0.388 e. The van der Waals surface area contributed by atoms with Crippen LogP contribution in [-0.4, -0.2) is 29.6 Å². The Morgan fingerprint density at radius 2 is 1.68 bits per heavy atom. The first-order valence-electron chi connectivity index (χ1n) is 14.6. The van der Waals surface area contributed by atoms with Crippen LogP contribution in [0.15, 0.2) is 18.2 Å². The molecule has 1 aliphatic carbocycles. The van der Waals surface area contributed by atoms with Crippen molar-refractivity contribution in [2.45, 2.75) is 110 Å². The number of ether oxygens (including phenoxy) is 2. The van der Waals surface area contributed by atoms with Crippen LogP contribution in [0, 0.1) is 11.2 Å². The number of unbranched alkanes of at least 4 members (excludes halogenated alkanes) is 1. The molecule has 5 rings (SSSR count). The van der Waals surface area contributed by atoms with Gasteiger partial charge in [-0.1, -0.05) is 60.5 Å². The first-order chi connectivity index (χ1) is 19.2. The Balaban J connectivity index is 0.000000710. The van der Waals surface area contributed by atoms with Crippen LogP contribution in [0.4, 0.5) is 17.6 Å². The van der Waals surface area contributed by atoms with Gasteiger partial charge in [-0.2, -0.15) is 25.8 Å². The molecule has 1 saturated heterocycles. The Labute approximate surface area is 247 Å². The number of aromatic nitrogens is 1. The van der Waals surface area contributed by atoms with Gasteiger partial charge < -0.3 is 14.6 Å². The van der Waals surface area contributed by atoms with Gasteiger partial charge in [0.2, 0.25) is 0 Å². The highest BCUT2D eigenvalue weighted by molar-refractivity contribution is 7.79. The summed E-state index contributed by atoms with van der Waals surface area (Å²) in [5.41, 5.74) is 2.19. The predicted octanol–water partition coefficient (Wildman–Crippen LogP) is 8.85. The molecular weight excluding hydrogens is 554 g/mol. The number of nitrogens with zero attached hydrogens (tertiary/aromatic N) is 1. The third-order valence-corrected chi connectivity index (χ3v) is 8.12. The van der Waals surface area contributed by atoms with E-state index < -0.39 is 35.4 Å². The lowest BCUT2D eigenvalue weighted by atomic mass is 9.70. The largest absolute Gasteiger partial charge is 0.419 e. The molecule has 2 atom stereocenters. The molecule has 0 bridgehead atoms. The minimum Gasteiger partial charge on any atom is -0.388 e. The van der Waals surface area contributed by atoms with E-state index in [2.05, 4.69) is 40.3 Å². The molecule has 3 heterocycles. The highest BCUT2D eigenvalue weighted by Crippen LogP contribution is 2.57. The van der Waals surface area contributed by atoms with Crippen molar-refractivity contribution in [3.8, 4) is 0 Å². The maximum atomic E-state index is 14.6. The highest BCUT2D eigenvalue weighted by atomic mass is 32.1. The normalized spacial score (nSPS) is 22.3. The monoisotopic (exact) mass is 599 g/mol. The lowest BCUT2D eigenvalue weighted by Gasteiger charge is -2.40. The van der Waals surface area contributed by atoms with Crippen molar-refractivity contribution in [2.75, 3.05) is 19.5 Å². The van der Waals surface area contributed by atoms with Gasteiger partial charge in [-0.05, 0) is 53.7 Å². The van der Waals surface area contributed by atoms with Crippen LogP contribution in [0.5, 0.6) is 0 Å². The number of hydrogen-bond acceptors (Lipinski definition) is 5. The van der Waals surface area contributed by atoms with Gasteiger partial charge >= 0.3 is 6.18 Å². The van der Waals surface area contributed by atoms with Crippen molar-refractivity contribution >= 4 is 12.6 Å². The summed E-state index contributed by atoms with van der Waals surface area (Å²) in [5, 5.41) is 11.3. The number of aliphatic hydroxyl groups excluding tert-OH is 1. The zero-order valence-electron chi connectivity index (χ0n) is 25.3. The molecule has 1 aromatic heterocycles. The van der Waals surface area contributed by atoms with Gasteiger partial charge in [-0.25, -0.2) is 4.39 Å². The Hall–Kier alpha value is -1.68. The first kappa shape index (κ1) is 33.8. The fraction of sp³-hybridized carbons (Fsp3) is 0.656. The molecule has 41 heavy (non-hydrogen) atoms. The van der Waals surface area contributed by atoms with Crippen molar-refractivity contribution in [2.24, 2.45) is 5.41 Å². The Kier molecular flexibility index (Phi) is 11.0. The fourth-order valence-electron chi connectivity index (χ4n) is 6.10. The summed E-state index contributed by atoms with van der Waals surface area (Å²) in [4.78, 5) is 5.02. The van der Waals surface area contributed by atoms with E-state index in [-0.39, 0.29) is 11.3 Å². The minimum absolute atomic E-state index is 0.00313. The molecule has 1 fully saturated rings. The molecule has 2 aliphatic heterocycles. The molecule has 2 unspecified atom stereocenters. The summed E-state index contributed by atoms with van der Waals surface area (Å²) < 4.78 is 66.6. The Morgan fingerprint density at radius 1 is 1.07 bits per heavy atom. The standard InChI is InChI=1S/C27H31F4NO3.C4H10.CH4S/c1-14(2)23-21-22(20-18(32-23)12-25(3,4)13-19(20)33)26(7-9-34-10-8-26)35-24(21)15-5-6-16(17(28)11-15)27(29,30)31;1-3-4-2;1-2/h5-6,11,14,19,24,33H,7-10,12-13H2,1-4H3;3-4H2,1-2H3;2H,1H3. The average molecular weight is 600 g/mol. The van der Waals surface area contributed by atoms with E-state index >= 15 is 0 Å². The zero-order chi connectivity index (χ0) is 30.8. The van der Waals surface area contributed by atoms with Crippen LogP contribution in [0.1, 0.15) is 131 Å². The maximum absolute atomic E-state index is 14.6. The van der Waals surface area contributed by atoms with E-state index in [1.54, 1.807) is 6.26 Å². The van der Waals surface area contributed by atoms with Crippen LogP contribution in [0.2, 0.25) is 0 Å². The summed E-state index contributed by atoms with van der Waals surface area (Å²) in [7, 11) is 0. The second kappa shape index (κ2) is 13.3. The molecule has 0 amide bonds. The van der Waals surface area contributed by atoms with Crippen LogP contribution >= 0.6 is 12.6 Å². The predicted molar refractivity (Wildman–Crippen MR) is 157 cm³/mol. The second-order valence-electron chi connectivity index (χ2n) is 12.2. The molecule has 9 heteroatoms. The summed E-state index contributed by atoms with van der Waals surface area (Å²) in [6.45, 7) is 13.5. The van der Waals surface area contributed by atoms with Crippen molar-refractivity contribution in [3.63, 3.8) is 0 Å². The van der Waals surface area contributed by atoms with Crippen LogP contribution in [-0.2, 0) is 27.7 Å². The van der Waals surface area contributed by atoms with E-state index in [1.807, 2.05) is 13.8 Å². The summed E-state index contributed by atoms with van der Waals surface area (Å²) in [6.07, 6.45) is 0.409. The molecule has 0 saturated carbocycles. The highest BCUT2D eigenvalue weighted by Gasteiger charge is 2.52. The van der Waals surface area contributed by atoms with Gasteiger partial charge in [0.25, 0.3) is 0 Å². The van der Waals surface area contributed by atoms with E-state index in [0.717, 1.165) is 40.2 Å². The van der Waals surface area contributed by atoms with Gasteiger partial charge in [-0.3, -0.25) is 4.98 Å². The third kappa shape index (κ3) is 6.94. The average Bonchev–Trinajstić information content (AvgIpc) is 3.22. The number of hydrogen-bond donors (Lipinski definition) is 2. The van der Waals surface area contributed by atoms with Gasteiger partial charge in [0, 0.05) is 48.6 Å². The minimum atomic E-state index is -4.78. The quantitative estimate of drug-likeness (QED) is 0.273. The summed E-state index contributed by atoms with van der Waals surface area (Å²) >= 11 is 3.53. The Bertz CT molecular complexity index is 1190. The van der Waals surface area contributed by atoms with Gasteiger partial charge in [-0.15, -0.1) is 0 Å². The van der Waals surface area contributed by atoms with Gasteiger partial charge in [0.1, 0.15) is 11.9 Å². The number of rotatable bonds is 3. The molecule has 2 aromatic rings. The molecule has 230 valence electrons. The summed E-state index contributed by atoms with van der Waals surface area (Å²) in [5.74, 6) is -1.33. The topological polar surface area (TPSA) is 51.6 Å². The molecule has 1 N–H and O–H groups in total. The number of halogens is 4. The lowest BCUT2D eigenvalue weighted by molar-refractivity contribution is -0.140. The second-order valence-corrected chi connectivity index (χ2v) is 12.2. The number of pyridine rings is 1. The van der Waals surface area contributed by atoms with E-state index in [1.165, 1.54) is 18.9 Å². The van der Waals surface area contributed by atoms with Crippen LogP contribution in [0.3, 0.4) is 0 Å². The van der Waals surface area contributed by atoms with Gasteiger partial charge in [0.05, 0.1) is 17.3 Å². The van der Waals surface area contributed by atoms with E-state index in [4.69, 9.17) is 14.5 Å². The number of benzene rings is 1. The molecule has 4 nitrogen and oxygen atoms in total. The number of alkyl halides is 3. The summed E-state index contributed by atoms with van der Waals surface area (Å²) in [6, 6.07) is 3.00. The molecular formula is C32H45F4NO3S. The lowest BCUT2D eigenvalue weighted by Crippen LogP contribution is -2.37. The SMILES string of the molecule is CC(C)c1nc2c(c3c1C(c1ccc(C(F)(F)F)c(F)c1)OC31CCOCC1)C(O)CC(C)(C)C2.CCCC.CS. The molecule has 0 radical (unpaired) electrons. The zero-order valence-corrected chi connectivity index (χ0v) is 26.2. The number of aliphatic hydroxyl groups is 1. The molecule has 1 aromatic carbocycles. The Morgan fingerprint density at radius 3 is 2.20 bits per heavy atom. The first-order valence-corrected chi connectivity index (χ1v) is 15.5. The van der Waals surface area contributed by atoms with Gasteiger partial charge in [0.15, 0.2) is 0 Å². The maximum Gasteiger partial charge on any atom is 0.419 e. The van der Waals surface area contributed by atoms with Crippen LogP contribution in [0.25, 0.3) is 0 Å². The van der Waals surface area contributed by atoms with E-state index in [0.29, 0.717) is 44.5 Å². The van der Waals surface area contributed by atoms with Crippen molar-refractivity contribution < 1.29 is 32.1 Å². The van der Waals surface area contributed by atoms with Crippen LogP contribution < -0.4 is 0 Å². The van der Waals surface area contributed by atoms with Crippen molar-refractivity contribution in [3.05, 3.63) is 63.2 Å². The molecule has 3 aliphatic rings.